The van der Waals surface area contributed by atoms with Crippen LogP contribution in [0.1, 0.15) is 11.1 Å². The van der Waals surface area contributed by atoms with Gasteiger partial charge < -0.3 is 5.32 Å². The Balaban J connectivity index is 2.46. The van der Waals surface area contributed by atoms with Crippen LogP contribution in [0.15, 0.2) is 24.3 Å². The van der Waals surface area contributed by atoms with E-state index in [0.29, 0.717) is 18.2 Å². The lowest BCUT2D eigenvalue weighted by atomic mass is 10.1. The van der Waals surface area contributed by atoms with Crippen LogP contribution in [0.4, 0.5) is 0 Å². The van der Waals surface area contributed by atoms with Gasteiger partial charge in [0.2, 0.25) is 5.91 Å². The summed E-state index contributed by atoms with van der Waals surface area (Å²) in [5.41, 5.74) is 2.16. The van der Waals surface area contributed by atoms with Gasteiger partial charge in [0.25, 0.3) is 0 Å². The molecular weight excluding hydrogens is 230 g/mol. The maximum atomic E-state index is 11.2. The number of carbonyl (C=O) groups excluding carboxylic acids is 1. The Kier molecular flexibility index (Phi) is 5.58. The van der Waals surface area contributed by atoms with Crippen LogP contribution >= 0.6 is 23.4 Å². The van der Waals surface area contributed by atoms with Crippen LogP contribution in [-0.2, 0) is 17.2 Å². The third kappa shape index (κ3) is 4.58. The van der Waals surface area contributed by atoms with Crippen LogP contribution in [0.5, 0.6) is 0 Å². The summed E-state index contributed by atoms with van der Waals surface area (Å²) >= 11 is 7.24. The number of halogens is 1. The molecule has 0 fully saturated rings. The molecular formula is C11H14ClNOS. The molecule has 1 aromatic rings. The number of hydrogen-bond acceptors (Lipinski definition) is 2. The Morgan fingerprint density at radius 2 is 2.20 bits per heavy atom. The first-order chi connectivity index (χ1) is 7.26. The molecule has 2 nitrogen and oxygen atoms in total. The minimum atomic E-state index is 0.0683. The summed E-state index contributed by atoms with van der Waals surface area (Å²) in [7, 11) is 0. The van der Waals surface area contributed by atoms with Crippen LogP contribution in [0, 0.1) is 0 Å². The van der Waals surface area contributed by atoms with E-state index in [4.69, 9.17) is 11.6 Å². The zero-order valence-corrected chi connectivity index (χ0v) is 10.2. The Morgan fingerprint density at radius 1 is 1.47 bits per heavy atom. The average Bonchev–Trinajstić information content (AvgIpc) is 2.27. The lowest BCUT2D eigenvalue weighted by molar-refractivity contribution is -0.118. The standard InChI is InChI=1S/C11H14ClNOS/c1-15-8-11(14)13-7-10-4-2-3-9(5-10)6-12/h2-5H,6-8H2,1H3,(H,13,14). The van der Waals surface area contributed by atoms with Crippen LogP contribution < -0.4 is 5.32 Å². The van der Waals surface area contributed by atoms with Gasteiger partial charge in [-0.25, -0.2) is 0 Å². The third-order valence-corrected chi connectivity index (χ3v) is 2.77. The fourth-order valence-corrected chi connectivity index (χ4v) is 1.74. The van der Waals surface area contributed by atoms with Gasteiger partial charge >= 0.3 is 0 Å². The van der Waals surface area contributed by atoms with E-state index in [-0.39, 0.29) is 5.91 Å². The molecule has 1 N–H and O–H groups in total. The van der Waals surface area contributed by atoms with Crippen LogP contribution in [-0.4, -0.2) is 17.9 Å². The molecule has 0 bridgehead atoms. The van der Waals surface area contributed by atoms with Gasteiger partial charge in [-0.05, 0) is 17.4 Å². The van der Waals surface area contributed by atoms with E-state index in [1.54, 1.807) is 0 Å². The third-order valence-electron chi connectivity index (χ3n) is 1.91. The van der Waals surface area contributed by atoms with Crippen molar-refractivity contribution in [1.29, 1.82) is 0 Å². The zero-order chi connectivity index (χ0) is 11.1. The maximum Gasteiger partial charge on any atom is 0.230 e. The molecule has 0 aliphatic carbocycles. The van der Waals surface area contributed by atoms with Gasteiger partial charge in [-0.2, -0.15) is 11.8 Å². The highest BCUT2D eigenvalue weighted by atomic mass is 35.5. The SMILES string of the molecule is CSCC(=O)NCc1cccc(CCl)c1. The van der Waals surface area contributed by atoms with Crippen LogP contribution in [0.3, 0.4) is 0 Å². The number of carbonyl (C=O) groups is 1. The van der Waals surface area contributed by atoms with Crippen molar-refractivity contribution < 1.29 is 4.79 Å². The monoisotopic (exact) mass is 243 g/mol. The first-order valence-electron chi connectivity index (χ1n) is 4.65. The Bertz CT molecular complexity index is 330. The molecule has 0 radical (unpaired) electrons. The van der Waals surface area contributed by atoms with Gasteiger partial charge in [-0.1, -0.05) is 24.3 Å². The summed E-state index contributed by atoms with van der Waals surface area (Å²) in [5.74, 6) is 1.08. The van der Waals surface area contributed by atoms with Crippen molar-refractivity contribution in [3.8, 4) is 0 Å². The number of rotatable bonds is 5. The van der Waals surface area contributed by atoms with Crippen molar-refractivity contribution >= 4 is 29.3 Å². The highest BCUT2D eigenvalue weighted by Gasteiger charge is 2.00. The summed E-state index contributed by atoms with van der Waals surface area (Å²) < 4.78 is 0. The maximum absolute atomic E-state index is 11.2. The zero-order valence-electron chi connectivity index (χ0n) is 8.63. The van der Waals surface area contributed by atoms with E-state index in [9.17, 15) is 4.79 Å². The summed E-state index contributed by atoms with van der Waals surface area (Å²) in [6, 6.07) is 7.91. The topological polar surface area (TPSA) is 29.1 Å². The molecule has 82 valence electrons. The molecule has 0 spiro atoms. The second kappa shape index (κ2) is 6.75. The smallest absolute Gasteiger partial charge is 0.230 e. The second-order valence-corrected chi connectivity index (χ2v) is 4.30. The summed E-state index contributed by atoms with van der Waals surface area (Å²) in [4.78, 5) is 11.2. The molecule has 1 rings (SSSR count). The van der Waals surface area contributed by atoms with Gasteiger partial charge in [0.05, 0.1) is 5.75 Å². The minimum absolute atomic E-state index is 0.0683. The summed E-state index contributed by atoms with van der Waals surface area (Å²) in [5, 5.41) is 2.85. The van der Waals surface area contributed by atoms with Crippen molar-refractivity contribution in [3.05, 3.63) is 35.4 Å². The van der Waals surface area contributed by atoms with E-state index in [1.807, 2.05) is 30.5 Å². The molecule has 0 saturated carbocycles. The Labute approximate surface area is 99.4 Å². The van der Waals surface area contributed by atoms with E-state index in [1.165, 1.54) is 11.8 Å². The molecule has 15 heavy (non-hydrogen) atoms. The molecule has 1 amide bonds. The first kappa shape index (κ1) is 12.4. The van der Waals surface area contributed by atoms with E-state index < -0.39 is 0 Å². The predicted octanol–water partition coefficient (Wildman–Crippen LogP) is 2.40. The van der Waals surface area contributed by atoms with Gasteiger partial charge in [-0.3, -0.25) is 4.79 Å². The molecule has 0 aromatic heterocycles. The summed E-state index contributed by atoms with van der Waals surface area (Å²) in [6.07, 6.45) is 1.91. The number of alkyl halides is 1. The highest BCUT2D eigenvalue weighted by molar-refractivity contribution is 7.99. The normalized spacial score (nSPS) is 10.0. The molecule has 4 heteroatoms. The average molecular weight is 244 g/mol. The Morgan fingerprint density at radius 3 is 2.87 bits per heavy atom. The van der Waals surface area contributed by atoms with Crippen molar-refractivity contribution in [2.24, 2.45) is 0 Å². The number of nitrogens with one attached hydrogen (secondary N) is 1. The number of amides is 1. The minimum Gasteiger partial charge on any atom is -0.351 e. The second-order valence-electron chi connectivity index (χ2n) is 3.16. The van der Waals surface area contributed by atoms with Gasteiger partial charge in [-0.15, -0.1) is 11.6 Å². The van der Waals surface area contributed by atoms with E-state index >= 15 is 0 Å². The molecule has 1 aromatic carbocycles. The lowest BCUT2D eigenvalue weighted by Crippen LogP contribution is -2.24. The fraction of sp³-hybridized carbons (Fsp3) is 0.364. The molecule has 0 heterocycles. The van der Waals surface area contributed by atoms with E-state index in [0.717, 1.165) is 11.1 Å². The fourth-order valence-electron chi connectivity index (χ4n) is 1.21. The largest absolute Gasteiger partial charge is 0.351 e. The van der Waals surface area contributed by atoms with Gasteiger partial charge in [0, 0.05) is 12.4 Å². The number of benzene rings is 1. The van der Waals surface area contributed by atoms with Crippen molar-refractivity contribution in [2.75, 3.05) is 12.0 Å². The van der Waals surface area contributed by atoms with Gasteiger partial charge in [0.1, 0.15) is 0 Å². The molecule has 0 aliphatic heterocycles. The number of thioether (sulfide) groups is 1. The van der Waals surface area contributed by atoms with Crippen LogP contribution in [0.25, 0.3) is 0 Å². The lowest BCUT2D eigenvalue weighted by Gasteiger charge is -2.05. The number of hydrogen-bond donors (Lipinski definition) is 1. The predicted molar refractivity (Wildman–Crippen MR) is 66.2 cm³/mol. The molecule has 0 saturated heterocycles. The van der Waals surface area contributed by atoms with Crippen LogP contribution in [0.2, 0.25) is 0 Å². The quantitative estimate of drug-likeness (QED) is 0.805. The van der Waals surface area contributed by atoms with E-state index in [2.05, 4.69) is 5.32 Å². The molecule has 0 aliphatic rings. The Hall–Kier alpha value is -0.670. The van der Waals surface area contributed by atoms with Gasteiger partial charge in [0.15, 0.2) is 0 Å². The molecule has 0 unspecified atom stereocenters. The summed E-state index contributed by atoms with van der Waals surface area (Å²) in [6.45, 7) is 0.574. The van der Waals surface area contributed by atoms with Crippen molar-refractivity contribution in [3.63, 3.8) is 0 Å². The van der Waals surface area contributed by atoms with Crippen molar-refractivity contribution in [1.82, 2.24) is 5.32 Å². The highest BCUT2D eigenvalue weighted by Crippen LogP contribution is 2.07. The molecule has 0 atom stereocenters. The first-order valence-corrected chi connectivity index (χ1v) is 6.58. The van der Waals surface area contributed by atoms with Crippen molar-refractivity contribution in [2.45, 2.75) is 12.4 Å².